The van der Waals surface area contributed by atoms with E-state index < -0.39 is 10.1 Å². The van der Waals surface area contributed by atoms with Crippen molar-refractivity contribution < 1.29 is 22.8 Å². The number of hydrogen-bond donors (Lipinski definition) is 3. The van der Waals surface area contributed by atoms with Gasteiger partial charge in [-0.15, -0.1) is 4.68 Å². The minimum Gasteiger partial charge on any atom is -0.744 e. The average Bonchev–Trinajstić information content (AvgIpc) is 2.60. The van der Waals surface area contributed by atoms with E-state index in [1.807, 2.05) is 19.1 Å². The smallest absolute Gasteiger partial charge is 0.318 e. The quantitative estimate of drug-likeness (QED) is 0.199. The summed E-state index contributed by atoms with van der Waals surface area (Å²) in [6.45, 7) is 1.82. The molecule has 0 saturated carbocycles. The molecule has 1 aromatic heterocycles. The molecule has 5 N–H and O–H groups in total. The molecule has 0 aliphatic rings. The monoisotopic (exact) mass is 498 g/mol. The molecule has 0 bridgehead atoms. The standard InChI is InChI=1S/C10H7IN4O.C7H8O3S/c11-5-1-2-8-6(3-5)9(16)7(4-12)10(13)15(8)14;1-6-2-4-7(5-3-6)11(8,9)10/h1-3H,14H2,(H2,13,16);2-5H,1H3,(H,8,9,10). The third-order valence-corrected chi connectivity index (χ3v) is 5.17. The number of halogens is 1. The van der Waals surface area contributed by atoms with Crippen molar-refractivity contribution in [1.29, 1.82) is 5.26 Å². The summed E-state index contributed by atoms with van der Waals surface area (Å²) in [6.07, 6.45) is 0. The Morgan fingerprint density at radius 1 is 1.22 bits per heavy atom. The Morgan fingerprint density at radius 2 is 1.81 bits per heavy atom. The van der Waals surface area contributed by atoms with Gasteiger partial charge in [0.1, 0.15) is 16.2 Å². The zero-order chi connectivity index (χ0) is 20.4. The molecule has 2 aromatic carbocycles. The molecule has 0 radical (unpaired) electrons. The number of nitrogens with two attached hydrogens (primary N) is 2. The van der Waals surface area contributed by atoms with Gasteiger partial charge < -0.3 is 9.66 Å². The van der Waals surface area contributed by atoms with Crippen LogP contribution in [0.15, 0.2) is 47.4 Å². The number of nitrogens with zero attached hydrogens (tertiary/aromatic N) is 2. The maximum atomic E-state index is 10.4. The first kappa shape index (κ1) is 20.7. The Morgan fingerprint density at radius 3 is 2.33 bits per heavy atom. The number of aromatic hydroxyl groups is 1. The summed E-state index contributed by atoms with van der Waals surface area (Å²) in [6, 6.07) is 13.0. The topological polar surface area (TPSA) is 157 Å². The van der Waals surface area contributed by atoms with Gasteiger partial charge in [0.25, 0.3) is 0 Å². The third kappa shape index (κ3) is 4.57. The Balaban J connectivity index is 0.000000208. The number of aryl methyl sites for hydroxylation is 1. The summed E-state index contributed by atoms with van der Waals surface area (Å²) < 4.78 is 33.3. The molecule has 0 amide bonds. The van der Waals surface area contributed by atoms with Crippen LogP contribution in [-0.4, -0.2) is 18.1 Å². The van der Waals surface area contributed by atoms with E-state index in [1.54, 1.807) is 24.3 Å². The molecule has 3 rings (SSSR count). The number of nitrogen functional groups attached to an aromatic ring is 2. The summed E-state index contributed by atoms with van der Waals surface area (Å²) in [4.78, 5) is -0.178. The van der Waals surface area contributed by atoms with Gasteiger partial charge in [-0.05, 0) is 59.8 Å². The van der Waals surface area contributed by atoms with Gasteiger partial charge in [0.15, 0.2) is 16.8 Å². The van der Waals surface area contributed by atoms with E-state index in [4.69, 9.17) is 16.8 Å². The van der Waals surface area contributed by atoms with Gasteiger partial charge in [0.2, 0.25) is 0 Å². The number of nitriles is 1. The largest absolute Gasteiger partial charge is 0.744 e. The molecule has 0 fully saturated rings. The molecule has 140 valence electrons. The van der Waals surface area contributed by atoms with Gasteiger partial charge in [-0.3, -0.25) is 11.6 Å². The normalized spacial score (nSPS) is 10.7. The summed E-state index contributed by atoms with van der Waals surface area (Å²) in [5, 5.41) is 19.3. The number of pyridine rings is 1. The summed E-state index contributed by atoms with van der Waals surface area (Å²) in [7, 11) is -4.27. The molecule has 0 aliphatic carbocycles. The van der Waals surface area contributed by atoms with Crippen molar-refractivity contribution in [2.75, 3.05) is 11.6 Å². The van der Waals surface area contributed by atoms with Gasteiger partial charge >= 0.3 is 5.82 Å². The maximum Gasteiger partial charge on any atom is 0.318 e. The molecule has 0 spiro atoms. The SMILES string of the molecule is Cc1ccc(S(=O)(=O)[O-])cc1.N#Cc1c(O)c2cc(I)ccc2[n+](N)c1N. The first-order valence-corrected chi connectivity index (χ1v) is 9.88. The average molecular weight is 498 g/mol. The van der Waals surface area contributed by atoms with Crippen molar-refractivity contribution >= 4 is 49.4 Å². The fourth-order valence-electron chi connectivity index (χ4n) is 2.23. The van der Waals surface area contributed by atoms with Gasteiger partial charge in [-0.2, -0.15) is 5.26 Å². The van der Waals surface area contributed by atoms with E-state index in [9.17, 15) is 18.1 Å². The second kappa shape index (κ2) is 7.95. The van der Waals surface area contributed by atoms with Crippen molar-refractivity contribution in [2.24, 2.45) is 0 Å². The number of anilines is 1. The third-order valence-electron chi connectivity index (χ3n) is 3.65. The molecular formula is C17H15IN4O4S. The van der Waals surface area contributed by atoms with Crippen LogP contribution < -0.4 is 16.3 Å². The number of hydrogen-bond acceptors (Lipinski definition) is 7. The Hall–Kier alpha value is -2.62. The molecule has 0 aliphatic heterocycles. The maximum absolute atomic E-state index is 10.4. The lowest BCUT2D eigenvalue weighted by Gasteiger charge is -2.06. The molecule has 1 heterocycles. The van der Waals surface area contributed by atoms with Crippen molar-refractivity contribution in [1.82, 2.24) is 0 Å². The minimum absolute atomic E-state index is 0.00278. The van der Waals surface area contributed by atoms with Crippen molar-refractivity contribution in [2.45, 2.75) is 11.8 Å². The summed E-state index contributed by atoms with van der Waals surface area (Å²) in [5.74, 6) is 5.66. The van der Waals surface area contributed by atoms with E-state index in [0.717, 1.165) is 9.13 Å². The molecular weight excluding hydrogens is 483 g/mol. The van der Waals surface area contributed by atoms with E-state index in [2.05, 4.69) is 22.6 Å². The molecule has 3 aromatic rings. The number of fused-ring (bicyclic) bond motifs is 1. The summed E-state index contributed by atoms with van der Waals surface area (Å²) >= 11 is 2.11. The fourth-order valence-corrected chi connectivity index (χ4v) is 3.19. The number of benzene rings is 2. The predicted molar refractivity (Wildman–Crippen MR) is 107 cm³/mol. The van der Waals surface area contributed by atoms with Crippen LogP contribution in [0.25, 0.3) is 10.9 Å². The summed E-state index contributed by atoms with van der Waals surface area (Å²) in [5.41, 5.74) is 7.16. The Kier molecular flexibility index (Phi) is 6.09. The highest BCUT2D eigenvalue weighted by Gasteiger charge is 2.20. The van der Waals surface area contributed by atoms with Gasteiger partial charge in [-0.1, -0.05) is 17.7 Å². The second-order valence-corrected chi connectivity index (χ2v) is 8.14. The van der Waals surface area contributed by atoms with Crippen LogP contribution in [0.4, 0.5) is 5.82 Å². The van der Waals surface area contributed by atoms with Crippen LogP contribution in [0.1, 0.15) is 11.1 Å². The molecule has 10 heteroatoms. The van der Waals surface area contributed by atoms with Crippen LogP contribution in [0.2, 0.25) is 0 Å². The first-order chi connectivity index (χ1) is 12.6. The van der Waals surface area contributed by atoms with Crippen LogP contribution in [0, 0.1) is 21.8 Å². The lowest BCUT2D eigenvalue weighted by molar-refractivity contribution is -0.596. The van der Waals surface area contributed by atoms with E-state index >= 15 is 0 Å². The van der Waals surface area contributed by atoms with Crippen LogP contribution in [-0.2, 0) is 10.1 Å². The number of aromatic nitrogens is 1. The van der Waals surface area contributed by atoms with E-state index in [0.29, 0.717) is 10.9 Å². The number of rotatable bonds is 1. The molecule has 0 unspecified atom stereocenters. The molecule has 27 heavy (non-hydrogen) atoms. The minimum atomic E-state index is -4.27. The lowest BCUT2D eigenvalue weighted by atomic mass is 10.1. The van der Waals surface area contributed by atoms with E-state index in [1.165, 1.54) is 16.8 Å². The van der Waals surface area contributed by atoms with Crippen molar-refractivity contribution in [3.05, 3.63) is 57.2 Å². The van der Waals surface area contributed by atoms with Crippen molar-refractivity contribution in [3.8, 4) is 11.8 Å². The highest BCUT2D eigenvalue weighted by Crippen LogP contribution is 2.29. The van der Waals surface area contributed by atoms with Gasteiger partial charge in [-0.25, -0.2) is 8.42 Å². The van der Waals surface area contributed by atoms with Crippen LogP contribution >= 0.6 is 22.6 Å². The molecule has 8 nitrogen and oxygen atoms in total. The zero-order valence-electron chi connectivity index (χ0n) is 14.0. The highest BCUT2D eigenvalue weighted by molar-refractivity contribution is 14.1. The van der Waals surface area contributed by atoms with Crippen LogP contribution in [0.3, 0.4) is 0 Å². The Bertz CT molecular complexity index is 1160. The second-order valence-electron chi connectivity index (χ2n) is 5.52. The highest BCUT2D eigenvalue weighted by atomic mass is 127. The van der Waals surface area contributed by atoms with Crippen molar-refractivity contribution in [3.63, 3.8) is 0 Å². The van der Waals surface area contributed by atoms with Crippen LogP contribution in [0.5, 0.6) is 5.75 Å². The van der Waals surface area contributed by atoms with E-state index in [-0.39, 0.29) is 22.0 Å². The fraction of sp³-hybridized carbons (Fsp3) is 0.0588. The van der Waals surface area contributed by atoms with Gasteiger partial charge in [0.05, 0.1) is 10.3 Å². The zero-order valence-corrected chi connectivity index (χ0v) is 17.0. The van der Waals surface area contributed by atoms with Gasteiger partial charge in [0, 0.05) is 3.57 Å². The predicted octanol–water partition coefficient (Wildman–Crippen LogP) is 1.50. The lowest BCUT2D eigenvalue weighted by Crippen LogP contribution is -2.48. The first-order valence-electron chi connectivity index (χ1n) is 7.39. The Labute approximate surface area is 169 Å². The molecule has 0 saturated heterocycles. The molecule has 0 atom stereocenters.